The quantitative estimate of drug-likeness (QED) is 0.639. The Balaban J connectivity index is 1.79. The van der Waals surface area contributed by atoms with E-state index in [0.29, 0.717) is 19.7 Å². The van der Waals surface area contributed by atoms with Crippen LogP contribution in [0.25, 0.3) is 0 Å². The maximum Gasteiger partial charge on any atom is 0.410 e. The molecule has 18 heavy (non-hydrogen) atoms. The molecule has 1 aromatic rings. The molecule has 1 aliphatic heterocycles. The second-order valence-electron chi connectivity index (χ2n) is 4.22. The highest BCUT2D eigenvalue weighted by molar-refractivity contribution is 5.86. The van der Waals surface area contributed by atoms with Crippen molar-refractivity contribution < 1.29 is 9.53 Å². The van der Waals surface area contributed by atoms with E-state index in [9.17, 15) is 4.79 Å². The van der Waals surface area contributed by atoms with E-state index in [4.69, 9.17) is 10.6 Å². The highest BCUT2D eigenvalue weighted by atomic mass is 16.6. The van der Waals surface area contributed by atoms with E-state index in [0.717, 1.165) is 24.1 Å². The lowest BCUT2D eigenvalue weighted by Crippen LogP contribution is -2.39. The van der Waals surface area contributed by atoms with Crippen LogP contribution in [0.15, 0.2) is 35.4 Å². The number of ether oxygens (including phenoxy) is 1. The molecule has 1 heterocycles. The minimum atomic E-state index is -0.269. The largest absolute Gasteiger partial charge is 0.445 e. The number of likely N-dealkylation sites (tertiary alicyclic amines) is 1. The number of piperidine rings is 1. The van der Waals surface area contributed by atoms with Crippen molar-refractivity contribution in [3.05, 3.63) is 35.9 Å². The van der Waals surface area contributed by atoms with Crippen molar-refractivity contribution >= 4 is 11.8 Å². The van der Waals surface area contributed by atoms with Gasteiger partial charge in [0.1, 0.15) is 6.61 Å². The smallest absolute Gasteiger partial charge is 0.410 e. The Morgan fingerprint density at radius 2 is 1.94 bits per heavy atom. The van der Waals surface area contributed by atoms with Gasteiger partial charge in [0, 0.05) is 31.6 Å². The summed E-state index contributed by atoms with van der Waals surface area (Å²) < 4.78 is 5.25. The number of nitrogens with two attached hydrogens (primary N) is 1. The van der Waals surface area contributed by atoms with Crippen LogP contribution in [0.2, 0.25) is 0 Å². The molecule has 5 nitrogen and oxygen atoms in total. The van der Waals surface area contributed by atoms with Crippen LogP contribution < -0.4 is 5.84 Å². The maximum absolute atomic E-state index is 11.8. The summed E-state index contributed by atoms with van der Waals surface area (Å²) in [6.45, 7) is 1.57. The van der Waals surface area contributed by atoms with Gasteiger partial charge in [0.05, 0.1) is 0 Å². The summed E-state index contributed by atoms with van der Waals surface area (Å²) in [5, 5.41) is 3.67. The van der Waals surface area contributed by atoms with Gasteiger partial charge in [-0.2, -0.15) is 5.10 Å². The van der Waals surface area contributed by atoms with Gasteiger partial charge < -0.3 is 15.5 Å². The van der Waals surface area contributed by atoms with Crippen LogP contribution in [0.1, 0.15) is 18.4 Å². The summed E-state index contributed by atoms with van der Waals surface area (Å²) in [4.78, 5) is 13.5. The lowest BCUT2D eigenvalue weighted by atomic mass is 10.1. The molecule has 0 bridgehead atoms. The van der Waals surface area contributed by atoms with Crippen molar-refractivity contribution in [2.45, 2.75) is 19.4 Å². The van der Waals surface area contributed by atoms with Gasteiger partial charge in [-0.3, -0.25) is 0 Å². The zero-order valence-electron chi connectivity index (χ0n) is 10.2. The average Bonchev–Trinajstić information content (AvgIpc) is 2.46. The predicted octanol–water partition coefficient (Wildman–Crippen LogP) is 1.73. The van der Waals surface area contributed by atoms with Gasteiger partial charge in [-0.1, -0.05) is 30.3 Å². The normalized spacial score (nSPS) is 15.3. The van der Waals surface area contributed by atoms with Crippen LogP contribution in [0, 0.1) is 0 Å². The number of nitrogens with zero attached hydrogens (tertiary/aromatic N) is 2. The van der Waals surface area contributed by atoms with E-state index >= 15 is 0 Å². The third-order valence-electron chi connectivity index (χ3n) is 2.99. The van der Waals surface area contributed by atoms with Crippen molar-refractivity contribution in [2.75, 3.05) is 13.1 Å². The van der Waals surface area contributed by atoms with Gasteiger partial charge in [-0.15, -0.1) is 0 Å². The monoisotopic (exact) mass is 247 g/mol. The Morgan fingerprint density at radius 1 is 1.28 bits per heavy atom. The third-order valence-corrected chi connectivity index (χ3v) is 2.99. The SMILES string of the molecule is NN=C1CCN(C(=O)OCc2ccccc2)CC1. The molecular formula is C13H17N3O2. The molecule has 0 unspecified atom stereocenters. The average molecular weight is 247 g/mol. The van der Waals surface area contributed by atoms with E-state index < -0.39 is 0 Å². The van der Waals surface area contributed by atoms with Gasteiger partial charge in [0.15, 0.2) is 0 Å². The lowest BCUT2D eigenvalue weighted by molar-refractivity contribution is 0.0960. The maximum atomic E-state index is 11.8. The van der Waals surface area contributed by atoms with Gasteiger partial charge in [0.25, 0.3) is 0 Å². The Hall–Kier alpha value is -2.04. The van der Waals surface area contributed by atoms with Crippen LogP contribution in [0.5, 0.6) is 0 Å². The molecule has 96 valence electrons. The fourth-order valence-corrected chi connectivity index (χ4v) is 1.89. The van der Waals surface area contributed by atoms with Crippen LogP contribution in [-0.4, -0.2) is 29.8 Å². The zero-order chi connectivity index (χ0) is 12.8. The molecule has 0 atom stereocenters. The second kappa shape index (κ2) is 6.05. The molecule has 1 saturated heterocycles. The van der Waals surface area contributed by atoms with Crippen molar-refractivity contribution in [1.29, 1.82) is 0 Å². The molecule has 2 N–H and O–H groups in total. The molecule has 0 radical (unpaired) electrons. The number of hydrogen-bond acceptors (Lipinski definition) is 4. The molecule has 2 rings (SSSR count). The molecular weight excluding hydrogens is 230 g/mol. The van der Waals surface area contributed by atoms with Gasteiger partial charge in [-0.05, 0) is 5.56 Å². The predicted molar refractivity (Wildman–Crippen MR) is 69.1 cm³/mol. The molecule has 1 fully saturated rings. The molecule has 0 saturated carbocycles. The molecule has 1 amide bonds. The van der Waals surface area contributed by atoms with Gasteiger partial charge in [-0.25, -0.2) is 4.79 Å². The first-order valence-corrected chi connectivity index (χ1v) is 6.01. The first kappa shape index (κ1) is 12.4. The summed E-state index contributed by atoms with van der Waals surface area (Å²) in [5.74, 6) is 5.21. The molecule has 0 aromatic heterocycles. The Morgan fingerprint density at radius 3 is 2.56 bits per heavy atom. The fraction of sp³-hybridized carbons (Fsp3) is 0.385. The molecule has 0 spiro atoms. The third kappa shape index (κ3) is 3.23. The highest BCUT2D eigenvalue weighted by Gasteiger charge is 2.20. The summed E-state index contributed by atoms with van der Waals surface area (Å²) in [6.07, 6.45) is 1.20. The molecule has 0 aliphatic carbocycles. The standard InChI is InChI=1S/C13H17N3O2/c14-15-12-6-8-16(9-7-12)13(17)18-10-11-4-2-1-3-5-11/h1-5H,6-10,14H2. The number of benzene rings is 1. The first-order valence-electron chi connectivity index (χ1n) is 6.01. The summed E-state index contributed by atoms with van der Waals surface area (Å²) in [5.41, 5.74) is 1.95. The van der Waals surface area contributed by atoms with E-state index in [2.05, 4.69) is 5.10 Å². The number of hydrogen-bond donors (Lipinski definition) is 1. The van der Waals surface area contributed by atoms with Crippen molar-refractivity contribution in [1.82, 2.24) is 4.90 Å². The van der Waals surface area contributed by atoms with Crippen molar-refractivity contribution in [3.63, 3.8) is 0 Å². The van der Waals surface area contributed by atoms with Gasteiger partial charge in [0.2, 0.25) is 0 Å². The fourth-order valence-electron chi connectivity index (χ4n) is 1.89. The molecule has 5 heteroatoms. The van der Waals surface area contributed by atoms with Crippen LogP contribution in [0.4, 0.5) is 4.79 Å². The topological polar surface area (TPSA) is 67.9 Å². The van der Waals surface area contributed by atoms with E-state index in [1.807, 2.05) is 30.3 Å². The number of carbonyl (C=O) groups is 1. The van der Waals surface area contributed by atoms with Crippen LogP contribution >= 0.6 is 0 Å². The zero-order valence-corrected chi connectivity index (χ0v) is 10.2. The van der Waals surface area contributed by atoms with Crippen LogP contribution in [0.3, 0.4) is 0 Å². The number of amides is 1. The van der Waals surface area contributed by atoms with E-state index in [1.165, 1.54) is 0 Å². The van der Waals surface area contributed by atoms with Crippen LogP contribution in [-0.2, 0) is 11.3 Å². The van der Waals surface area contributed by atoms with Crippen molar-refractivity contribution in [2.24, 2.45) is 10.9 Å². The second-order valence-corrected chi connectivity index (χ2v) is 4.22. The Labute approximate surface area is 106 Å². The summed E-state index contributed by atoms with van der Waals surface area (Å²) in [6, 6.07) is 9.65. The van der Waals surface area contributed by atoms with E-state index in [-0.39, 0.29) is 6.09 Å². The van der Waals surface area contributed by atoms with E-state index in [1.54, 1.807) is 4.90 Å². The lowest BCUT2D eigenvalue weighted by Gasteiger charge is -2.26. The Bertz CT molecular complexity index is 421. The highest BCUT2D eigenvalue weighted by Crippen LogP contribution is 2.09. The number of carbonyl (C=O) groups excluding carboxylic acids is 1. The summed E-state index contributed by atoms with van der Waals surface area (Å²) in [7, 11) is 0. The minimum absolute atomic E-state index is 0.269. The number of hydrazone groups is 1. The molecule has 1 aromatic carbocycles. The first-order chi connectivity index (χ1) is 8.79. The summed E-state index contributed by atoms with van der Waals surface area (Å²) >= 11 is 0. The van der Waals surface area contributed by atoms with Crippen molar-refractivity contribution in [3.8, 4) is 0 Å². The number of rotatable bonds is 2. The van der Waals surface area contributed by atoms with Gasteiger partial charge >= 0.3 is 6.09 Å². The molecule has 1 aliphatic rings. The Kier molecular flexibility index (Phi) is 4.17. The minimum Gasteiger partial charge on any atom is -0.445 e.